The van der Waals surface area contributed by atoms with Crippen molar-refractivity contribution >= 4 is 42.3 Å². The summed E-state index contributed by atoms with van der Waals surface area (Å²) in [5.41, 5.74) is 1.59. The lowest BCUT2D eigenvalue weighted by Gasteiger charge is -2.29. The van der Waals surface area contributed by atoms with E-state index in [9.17, 15) is 29.0 Å². The van der Waals surface area contributed by atoms with Crippen LogP contribution in [0.2, 0.25) is 0 Å². The minimum atomic E-state index is -2.99. The van der Waals surface area contributed by atoms with Gasteiger partial charge in [-0.15, -0.1) is 0 Å². The monoisotopic (exact) mass is 635 g/mol. The molecule has 0 bridgehead atoms. The Balaban J connectivity index is 1.37. The van der Waals surface area contributed by atoms with Crippen molar-refractivity contribution < 1.29 is 38.2 Å². The minimum absolute atomic E-state index is 0.0277. The number of benzene rings is 3. The lowest BCUT2D eigenvalue weighted by Crippen LogP contribution is -2.47. The molecule has 0 saturated heterocycles. The molecule has 3 amide bonds. The molecule has 0 saturated carbocycles. The normalized spacial score (nSPS) is 13.1. The number of hydrogen-bond donors (Lipinski definition) is 4. The van der Waals surface area contributed by atoms with Crippen LogP contribution in [-0.4, -0.2) is 52.7 Å². The van der Waals surface area contributed by atoms with E-state index >= 15 is 0 Å². The molecular formula is C33H38N3O8P. The zero-order chi connectivity index (χ0) is 32.3. The van der Waals surface area contributed by atoms with Crippen LogP contribution in [0.1, 0.15) is 49.2 Å². The number of rotatable bonds is 16. The molecule has 0 aliphatic rings. The first-order chi connectivity index (χ1) is 21.7. The van der Waals surface area contributed by atoms with Crippen LogP contribution in [-0.2, 0) is 20.6 Å². The third kappa shape index (κ3) is 8.82. The summed E-state index contributed by atoms with van der Waals surface area (Å²) in [7, 11) is -2.99. The number of carbonyl (C=O) groups is 3. The summed E-state index contributed by atoms with van der Waals surface area (Å²) < 4.78 is 22.9. The van der Waals surface area contributed by atoms with Crippen molar-refractivity contribution in [2.45, 2.75) is 45.6 Å². The van der Waals surface area contributed by atoms with E-state index in [1.807, 2.05) is 24.3 Å². The Kier molecular flexibility index (Phi) is 11.9. The maximum absolute atomic E-state index is 13.3. The second-order valence-electron chi connectivity index (χ2n) is 10.5. The quantitative estimate of drug-likeness (QED) is 0.0455. The summed E-state index contributed by atoms with van der Waals surface area (Å²) in [6, 6.07) is 21.2. The number of amides is 3. The maximum Gasteiger partial charge on any atom is 0.288 e. The summed E-state index contributed by atoms with van der Waals surface area (Å²) in [4.78, 5) is 47.0. The van der Waals surface area contributed by atoms with E-state index in [0.29, 0.717) is 60.8 Å². The van der Waals surface area contributed by atoms with E-state index in [1.54, 1.807) is 26.0 Å². The predicted molar refractivity (Wildman–Crippen MR) is 171 cm³/mol. The second kappa shape index (κ2) is 16.0. The van der Waals surface area contributed by atoms with Crippen molar-refractivity contribution in [3.05, 3.63) is 84.1 Å². The van der Waals surface area contributed by atoms with Gasteiger partial charge < -0.3 is 24.7 Å². The van der Waals surface area contributed by atoms with Gasteiger partial charge in [-0.1, -0.05) is 49.4 Å². The van der Waals surface area contributed by atoms with Gasteiger partial charge in [0.25, 0.3) is 5.91 Å². The molecule has 1 aromatic heterocycles. The van der Waals surface area contributed by atoms with Crippen molar-refractivity contribution in [1.82, 2.24) is 15.7 Å². The molecule has 12 heteroatoms. The second-order valence-corrected chi connectivity index (χ2v) is 11.7. The predicted octanol–water partition coefficient (Wildman–Crippen LogP) is 4.66. The molecule has 238 valence electrons. The van der Waals surface area contributed by atoms with Gasteiger partial charge in [0.15, 0.2) is 5.76 Å². The van der Waals surface area contributed by atoms with E-state index in [1.165, 1.54) is 18.2 Å². The summed E-state index contributed by atoms with van der Waals surface area (Å²) >= 11 is 0. The van der Waals surface area contributed by atoms with Crippen LogP contribution >= 0.6 is 8.03 Å². The molecule has 1 unspecified atom stereocenters. The summed E-state index contributed by atoms with van der Waals surface area (Å²) in [5, 5.41) is 18.5. The number of carbonyl (C=O) groups excluding carboxylic acids is 3. The van der Waals surface area contributed by atoms with E-state index in [4.69, 9.17) is 9.15 Å². The van der Waals surface area contributed by atoms with Crippen molar-refractivity contribution in [1.29, 1.82) is 0 Å². The fraction of sp³-hybridized carbons (Fsp3) is 0.303. The molecule has 4 aromatic rings. The lowest BCUT2D eigenvalue weighted by atomic mass is 9.90. The highest BCUT2D eigenvalue weighted by atomic mass is 31.1. The van der Waals surface area contributed by atoms with Crippen LogP contribution < -0.4 is 20.7 Å². The van der Waals surface area contributed by atoms with Crippen LogP contribution in [0.4, 0.5) is 0 Å². The number of furan rings is 1. The lowest BCUT2D eigenvalue weighted by molar-refractivity contribution is -0.168. The third-order valence-electron chi connectivity index (χ3n) is 7.55. The Hall–Kier alpha value is -4.44. The van der Waals surface area contributed by atoms with E-state index < -0.39 is 31.8 Å². The van der Waals surface area contributed by atoms with Crippen LogP contribution in [0, 0.1) is 5.92 Å². The molecule has 3 atom stereocenters. The number of fused-ring (bicyclic) bond motifs is 1. The average molecular weight is 636 g/mol. The highest BCUT2D eigenvalue weighted by molar-refractivity contribution is 7.47. The number of aryl methyl sites for hydroxylation is 1. The number of nitrogens with one attached hydrogen (secondary N) is 2. The van der Waals surface area contributed by atoms with Crippen LogP contribution in [0.5, 0.6) is 5.75 Å². The van der Waals surface area contributed by atoms with Crippen molar-refractivity contribution in [2.24, 2.45) is 5.92 Å². The van der Waals surface area contributed by atoms with Gasteiger partial charge in [0.2, 0.25) is 20.3 Å². The van der Waals surface area contributed by atoms with E-state index in [0.717, 1.165) is 16.3 Å². The van der Waals surface area contributed by atoms with Gasteiger partial charge in [0.05, 0.1) is 25.2 Å². The SMILES string of the molecule is CCOc1cc(-c2ccc(C(=O)NCNC(=O)[C@H](CCCc3ccc4ccccc4c3)[C@@H](CC)N(O)C=O)o2)cc([PH](=O)O)c1. The standard InChI is InChI=1S/C33H38N3O8P/c1-3-29(36(40)21-37)28(11-7-8-22-12-13-23-9-5-6-10-24(23)16-22)32(38)34-20-35-33(39)31-15-14-30(44-31)25-17-26(43-4-2)19-27(18-25)45(41)42/h5-6,9-10,12-19,21,28-29,40,45H,3-4,7-8,11,20H2,1-2H3,(H,34,38)(H,35,39)(H,41,42)/t28-,29-/m1/s1. The van der Waals surface area contributed by atoms with Gasteiger partial charge >= 0.3 is 0 Å². The van der Waals surface area contributed by atoms with Crippen molar-refractivity contribution in [2.75, 3.05) is 13.3 Å². The molecule has 0 aliphatic carbocycles. The van der Waals surface area contributed by atoms with Gasteiger partial charge in [-0.25, -0.2) is 5.06 Å². The molecule has 4 rings (SSSR count). The first kappa shape index (κ1) is 33.5. The van der Waals surface area contributed by atoms with Gasteiger partial charge in [-0.2, -0.15) is 0 Å². The van der Waals surface area contributed by atoms with Gasteiger partial charge in [0, 0.05) is 10.9 Å². The number of nitrogens with zero attached hydrogens (tertiary/aromatic N) is 1. The molecule has 4 N–H and O–H groups in total. The fourth-order valence-corrected chi connectivity index (χ4v) is 5.86. The molecule has 11 nitrogen and oxygen atoms in total. The Morgan fingerprint density at radius 3 is 2.51 bits per heavy atom. The average Bonchev–Trinajstić information content (AvgIpc) is 3.55. The fourth-order valence-electron chi connectivity index (χ4n) is 5.31. The molecular weight excluding hydrogens is 597 g/mol. The molecule has 0 radical (unpaired) electrons. The number of ether oxygens (including phenoxy) is 1. The third-order valence-corrected chi connectivity index (χ3v) is 8.33. The maximum atomic E-state index is 13.3. The molecule has 3 aromatic carbocycles. The zero-order valence-corrected chi connectivity index (χ0v) is 26.2. The first-order valence-corrected chi connectivity index (χ1v) is 16.2. The van der Waals surface area contributed by atoms with Crippen LogP contribution in [0.25, 0.3) is 22.1 Å². The van der Waals surface area contributed by atoms with Crippen molar-refractivity contribution in [3.63, 3.8) is 0 Å². The molecule has 1 heterocycles. The van der Waals surface area contributed by atoms with Crippen LogP contribution in [0.15, 0.2) is 77.2 Å². The van der Waals surface area contributed by atoms with Gasteiger partial charge in [0.1, 0.15) is 11.5 Å². The summed E-state index contributed by atoms with van der Waals surface area (Å²) in [5.74, 6) is -1.06. The Labute approximate surface area is 262 Å². The van der Waals surface area contributed by atoms with E-state index in [2.05, 4.69) is 28.8 Å². The summed E-state index contributed by atoms with van der Waals surface area (Å²) in [6.07, 6.45) is 2.39. The van der Waals surface area contributed by atoms with E-state index in [-0.39, 0.29) is 17.7 Å². The topological polar surface area (TPSA) is 158 Å². The Morgan fingerprint density at radius 1 is 1.02 bits per heavy atom. The zero-order valence-electron chi connectivity index (χ0n) is 25.2. The highest BCUT2D eigenvalue weighted by Crippen LogP contribution is 2.29. The van der Waals surface area contributed by atoms with Crippen molar-refractivity contribution in [3.8, 4) is 17.1 Å². The number of hydroxylamine groups is 2. The molecule has 0 spiro atoms. The number of hydrogen-bond acceptors (Lipinski definition) is 7. The highest BCUT2D eigenvalue weighted by Gasteiger charge is 2.30. The van der Waals surface area contributed by atoms with Gasteiger partial charge in [-0.05, 0) is 79.3 Å². The summed E-state index contributed by atoms with van der Waals surface area (Å²) in [6.45, 7) is 3.72. The van der Waals surface area contributed by atoms with Gasteiger partial charge in [-0.3, -0.25) is 24.2 Å². The molecule has 0 fully saturated rings. The Morgan fingerprint density at radius 2 is 1.80 bits per heavy atom. The minimum Gasteiger partial charge on any atom is -0.494 e. The molecule has 0 aliphatic heterocycles. The smallest absolute Gasteiger partial charge is 0.288 e. The largest absolute Gasteiger partial charge is 0.494 e. The molecule has 45 heavy (non-hydrogen) atoms. The van der Waals surface area contributed by atoms with Crippen LogP contribution in [0.3, 0.4) is 0 Å². The Bertz CT molecular complexity index is 1660. The first-order valence-electron chi connectivity index (χ1n) is 14.8.